The first-order valence-electron chi connectivity index (χ1n) is 4.09. The lowest BCUT2D eigenvalue weighted by Gasteiger charge is -2.02. The third-order valence-electron chi connectivity index (χ3n) is 1.41. The predicted molar refractivity (Wildman–Crippen MR) is 50.1 cm³/mol. The standard InChI is InChI=1S/C10H13NO/c1-3-8-12-10-7-5-6-9(4-2)11-10/h4-7H,2-3,8H2,1H3. The molecule has 2 nitrogen and oxygen atoms in total. The van der Waals surface area contributed by atoms with Crippen molar-refractivity contribution < 1.29 is 4.74 Å². The lowest BCUT2D eigenvalue weighted by atomic mass is 10.3. The fourth-order valence-electron chi connectivity index (χ4n) is 0.831. The van der Waals surface area contributed by atoms with Gasteiger partial charge in [-0.05, 0) is 18.6 Å². The number of ether oxygens (including phenoxy) is 1. The molecule has 1 aromatic rings. The molecular weight excluding hydrogens is 150 g/mol. The van der Waals surface area contributed by atoms with Crippen LogP contribution in [0.1, 0.15) is 19.0 Å². The highest BCUT2D eigenvalue weighted by atomic mass is 16.5. The van der Waals surface area contributed by atoms with Gasteiger partial charge in [-0.25, -0.2) is 4.98 Å². The molecule has 0 fully saturated rings. The number of rotatable bonds is 4. The Morgan fingerprint density at radius 1 is 1.58 bits per heavy atom. The van der Waals surface area contributed by atoms with E-state index in [1.807, 2.05) is 18.2 Å². The van der Waals surface area contributed by atoms with E-state index >= 15 is 0 Å². The lowest BCUT2D eigenvalue weighted by molar-refractivity contribution is 0.305. The maximum absolute atomic E-state index is 5.34. The maximum Gasteiger partial charge on any atom is 0.213 e. The van der Waals surface area contributed by atoms with E-state index < -0.39 is 0 Å². The molecule has 12 heavy (non-hydrogen) atoms. The highest BCUT2D eigenvalue weighted by Gasteiger charge is 1.93. The second-order valence-electron chi connectivity index (χ2n) is 2.45. The Kier molecular flexibility index (Phi) is 3.33. The molecule has 0 aliphatic rings. The summed E-state index contributed by atoms with van der Waals surface area (Å²) in [4.78, 5) is 4.19. The van der Waals surface area contributed by atoms with Crippen molar-refractivity contribution in [1.29, 1.82) is 0 Å². The molecular formula is C10H13NO. The summed E-state index contributed by atoms with van der Waals surface area (Å²) in [6, 6.07) is 5.66. The van der Waals surface area contributed by atoms with E-state index in [-0.39, 0.29) is 0 Å². The van der Waals surface area contributed by atoms with Gasteiger partial charge in [0, 0.05) is 6.07 Å². The summed E-state index contributed by atoms with van der Waals surface area (Å²) in [6.45, 7) is 6.42. The van der Waals surface area contributed by atoms with E-state index in [2.05, 4.69) is 18.5 Å². The zero-order chi connectivity index (χ0) is 8.81. The monoisotopic (exact) mass is 163 g/mol. The smallest absolute Gasteiger partial charge is 0.213 e. The summed E-state index contributed by atoms with van der Waals surface area (Å²) in [5, 5.41) is 0. The Labute approximate surface area is 72.9 Å². The second-order valence-corrected chi connectivity index (χ2v) is 2.45. The Balaban J connectivity index is 2.66. The van der Waals surface area contributed by atoms with E-state index in [0.717, 1.165) is 12.1 Å². The molecule has 1 heterocycles. The van der Waals surface area contributed by atoms with Crippen molar-refractivity contribution in [2.75, 3.05) is 6.61 Å². The van der Waals surface area contributed by atoms with Crippen LogP contribution in [-0.4, -0.2) is 11.6 Å². The molecule has 0 radical (unpaired) electrons. The summed E-state index contributed by atoms with van der Waals surface area (Å²) < 4.78 is 5.34. The molecule has 0 aliphatic carbocycles. The van der Waals surface area contributed by atoms with Crippen LogP contribution >= 0.6 is 0 Å². The third kappa shape index (κ3) is 2.38. The number of pyridine rings is 1. The van der Waals surface area contributed by atoms with Gasteiger partial charge in [0.05, 0.1) is 12.3 Å². The molecule has 0 spiro atoms. The zero-order valence-electron chi connectivity index (χ0n) is 7.29. The first-order valence-corrected chi connectivity index (χ1v) is 4.09. The highest BCUT2D eigenvalue weighted by molar-refractivity contribution is 5.42. The minimum atomic E-state index is 0.675. The SMILES string of the molecule is C=Cc1cccc(OCCC)n1. The van der Waals surface area contributed by atoms with Crippen LogP contribution in [0.4, 0.5) is 0 Å². The second kappa shape index (κ2) is 4.54. The largest absolute Gasteiger partial charge is 0.478 e. The van der Waals surface area contributed by atoms with E-state index in [4.69, 9.17) is 4.74 Å². The van der Waals surface area contributed by atoms with Gasteiger partial charge >= 0.3 is 0 Å². The van der Waals surface area contributed by atoms with E-state index in [0.29, 0.717) is 12.5 Å². The van der Waals surface area contributed by atoms with Crippen molar-refractivity contribution in [3.8, 4) is 5.88 Å². The van der Waals surface area contributed by atoms with E-state index in [9.17, 15) is 0 Å². The molecule has 0 unspecified atom stereocenters. The van der Waals surface area contributed by atoms with Gasteiger partial charge in [0.25, 0.3) is 0 Å². The summed E-state index contributed by atoms with van der Waals surface area (Å²) in [6.07, 6.45) is 2.71. The van der Waals surface area contributed by atoms with Crippen molar-refractivity contribution in [2.24, 2.45) is 0 Å². The van der Waals surface area contributed by atoms with Crippen LogP contribution in [-0.2, 0) is 0 Å². The van der Waals surface area contributed by atoms with E-state index in [1.165, 1.54) is 0 Å². The van der Waals surface area contributed by atoms with E-state index in [1.54, 1.807) is 6.08 Å². The van der Waals surface area contributed by atoms with Crippen LogP contribution in [0.5, 0.6) is 5.88 Å². The van der Waals surface area contributed by atoms with Gasteiger partial charge in [-0.15, -0.1) is 0 Å². The molecule has 0 atom stereocenters. The van der Waals surface area contributed by atoms with Crippen LogP contribution in [0, 0.1) is 0 Å². The molecule has 0 saturated heterocycles. The predicted octanol–water partition coefficient (Wildman–Crippen LogP) is 2.51. The number of nitrogens with zero attached hydrogens (tertiary/aromatic N) is 1. The quantitative estimate of drug-likeness (QED) is 0.680. The van der Waals surface area contributed by atoms with Crippen molar-refractivity contribution in [3.05, 3.63) is 30.5 Å². The van der Waals surface area contributed by atoms with Crippen molar-refractivity contribution in [1.82, 2.24) is 4.98 Å². The Morgan fingerprint density at radius 2 is 2.42 bits per heavy atom. The van der Waals surface area contributed by atoms with Crippen molar-refractivity contribution >= 4 is 6.08 Å². The molecule has 2 heteroatoms. The lowest BCUT2D eigenvalue weighted by Crippen LogP contribution is -1.97. The zero-order valence-corrected chi connectivity index (χ0v) is 7.29. The number of aromatic nitrogens is 1. The van der Waals surface area contributed by atoms with Crippen molar-refractivity contribution in [2.45, 2.75) is 13.3 Å². The normalized spacial score (nSPS) is 9.42. The minimum Gasteiger partial charge on any atom is -0.478 e. The molecule has 0 saturated carbocycles. The summed E-state index contributed by atoms with van der Waals surface area (Å²) in [5.74, 6) is 0.675. The number of hydrogen-bond acceptors (Lipinski definition) is 2. The molecule has 0 bridgehead atoms. The third-order valence-corrected chi connectivity index (χ3v) is 1.41. The van der Waals surface area contributed by atoms with Gasteiger partial charge in [-0.2, -0.15) is 0 Å². The van der Waals surface area contributed by atoms with Crippen LogP contribution in [0.15, 0.2) is 24.8 Å². The first-order chi connectivity index (χ1) is 5.86. The maximum atomic E-state index is 5.34. The average molecular weight is 163 g/mol. The van der Waals surface area contributed by atoms with Gasteiger partial charge in [0.1, 0.15) is 0 Å². The van der Waals surface area contributed by atoms with Crippen molar-refractivity contribution in [3.63, 3.8) is 0 Å². The fourth-order valence-corrected chi connectivity index (χ4v) is 0.831. The fraction of sp³-hybridized carbons (Fsp3) is 0.300. The summed E-state index contributed by atoms with van der Waals surface area (Å²) in [5.41, 5.74) is 0.851. The average Bonchev–Trinajstić information content (AvgIpc) is 2.15. The summed E-state index contributed by atoms with van der Waals surface area (Å²) in [7, 11) is 0. The Bertz CT molecular complexity index is 258. The molecule has 0 aliphatic heterocycles. The van der Waals surface area contributed by atoms with Gasteiger partial charge < -0.3 is 4.74 Å². The Hall–Kier alpha value is -1.31. The highest BCUT2D eigenvalue weighted by Crippen LogP contribution is 2.08. The first kappa shape index (κ1) is 8.78. The van der Waals surface area contributed by atoms with Gasteiger partial charge in [0.2, 0.25) is 5.88 Å². The molecule has 1 aromatic heterocycles. The van der Waals surface area contributed by atoms with Crippen LogP contribution in [0.3, 0.4) is 0 Å². The molecule has 1 rings (SSSR count). The van der Waals surface area contributed by atoms with Gasteiger partial charge in [-0.3, -0.25) is 0 Å². The van der Waals surface area contributed by atoms with Crippen LogP contribution in [0.25, 0.3) is 6.08 Å². The molecule has 0 N–H and O–H groups in total. The number of hydrogen-bond donors (Lipinski definition) is 0. The van der Waals surface area contributed by atoms with Gasteiger partial charge in [-0.1, -0.05) is 19.6 Å². The Morgan fingerprint density at radius 3 is 3.08 bits per heavy atom. The molecule has 64 valence electrons. The minimum absolute atomic E-state index is 0.675. The molecule has 0 amide bonds. The molecule has 0 aromatic carbocycles. The van der Waals surface area contributed by atoms with Crippen LogP contribution in [0.2, 0.25) is 0 Å². The topological polar surface area (TPSA) is 22.1 Å². The van der Waals surface area contributed by atoms with Crippen LogP contribution < -0.4 is 4.74 Å². The van der Waals surface area contributed by atoms with Gasteiger partial charge in [0.15, 0.2) is 0 Å². The summed E-state index contributed by atoms with van der Waals surface area (Å²) >= 11 is 0.